The first-order valence-electron chi connectivity index (χ1n) is 10.6. The second kappa shape index (κ2) is 10.5. The highest BCUT2D eigenvalue weighted by molar-refractivity contribution is 7.09. The van der Waals surface area contributed by atoms with Crippen molar-refractivity contribution in [2.75, 3.05) is 0 Å². The highest BCUT2D eigenvalue weighted by atomic mass is 32.1. The predicted octanol–water partition coefficient (Wildman–Crippen LogP) is 4.93. The minimum atomic E-state index is -0.982. The number of tetrazole rings is 1. The quantitative estimate of drug-likeness (QED) is 0.429. The van der Waals surface area contributed by atoms with Gasteiger partial charge in [-0.2, -0.15) is 4.68 Å². The number of aromatic nitrogens is 5. The number of nitrogens with two attached hydrogens (primary N) is 1. The van der Waals surface area contributed by atoms with Gasteiger partial charge in [-0.3, -0.25) is 0 Å². The van der Waals surface area contributed by atoms with Crippen LogP contribution in [0.2, 0.25) is 0 Å². The van der Waals surface area contributed by atoms with E-state index in [4.69, 9.17) is 5.73 Å². The summed E-state index contributed by atoms with van der Waals surface area (Å²) >= 11 is 1.64. The normalized spacial score (nSPS) is 11.7. The molecule has 0 aliphatic rings. The van der Waals surface area contributed by atoms with E-state index in [1.165, 1.54) is 0 Å². The molecule has 0 fully saturated rings. The van der Waals surface area contributed by atoms with E-state index < -0.39 is 5.97 Å². The van der Waals surface area contributed by atoms with Crippen LogP contribution in [0, 0.1) is 13.8 Å². The summed E-state index contributed by atoms with van der Waals surface area (Å²) in [6.45, 7) is 9.91. The van der Waals surface area contributed by atoms with Crippen molar-refractivity contribution < 1.29 is 9.90 Å². The summed E-state index contributed by atoms with van der Waals surface area (Å²) in [4.78, 5) is 15.7. The largest absolute Gasteiger partial charge is 0.478 e. The average Bonchev–Trinajstić information content (AvgIpc) is 3.44. The molecule has 0 saturated carbocycles. The molecule has 0 aliphatic carbocycles. The molecule has 0 radical (unpaired) electrons. The third kappa shape index (κ3) is 6.09. The molecular formula is C24H28N6O2S. The van der Waals surface area contributed by atoms with Gasteiger partial charge in [-0.05, 0) is 60.5 Å². The first-order valence-corrected chi connectivity index (χ1v) is 11.5. The molecule has 1 atom stereocenters. The smallest absolute Gasteiger partial charge is 0.335 e. The van der Waals surface area contributed by atoms with Gasteiger partial charge in [0.15, 0.2) is 5.82 Å². The first kappa shape index (κ1) is 24.2. The van der Waals surface area contributed by atoms with Crippen LogP contribution in [0.4, 0.5) is 0 Å². The van der Waals surface area contributed by atoms with Gasteiger partial charge < -0.3 is 10.8 Å². The third-order valence-corrected chi connectivity index (χ3v) is 5.70. The van der Waals surface area contributed by atoms with E-state index in [0.29, 0.717) is 11.5 Å². The van der Waals surface area contributed by atoms with Crippen molar-refractivity contribution in [1.29, 1.82) is 0 Å². The zero-order valence-corrected chi connectivity index (χ0v) is 20.2. The van der Waals surface area contributed by atoms with E-state index in [1.54, 1.807) is 28.2 Å². The molecule has 3 N–H and O–H groups in total. The van der Waals surface area contributed by atoms with E-state index in [0.717, 1.165) is 27.4 Å². The lowest BCUT2D eigenvalue weighted by atomic mass is 10.0. The molecule has 1 unspecified atom stereocenters. The monoisotopic (exact) mass is 464 g/mol. The molecule has 2 aromatic carbocycles. The molecule has 2 heterocycles. The maximum atomic E-state index is 11.5. The maximum Gasteiger partial charge on any atom is 0.335 e. The number of rotatable bonds is 5. The SMILES string of the molecule is Cc1ccc(-c2cc(C(=O)O)cc(-n3nnnc3C(C)C)c2)cc1.Cc1nc(C(C)N)cs1. The standard InChI is InChI=1S/C18H18N4O2.C6H10N2S/c1-11(2)17-19-20-21-22(17)16-9-14(8-15(10-16)18(23)24)13-6-4-12(3)5-7-13;1-4(7)6-3-9-5(2)8-6/h4-11H,1-3H3,(H,23,24);3-4H,7H2,1-2H3. The molecule has 0 bridgehead atoms. The van der Waals surface area contributed by atoms with E-state index in [9.17, 15) is 9.90 Å². The summed E-state index contributed by atoms with van der Waals surface area (Å²) in [6, 6.07) is 13.2. The Labute approximate surface area is 197 Å². The maximum absolute atomic E-state index is 11.5. The number of carbonyl (C=O) groups is 1. The fourth-order valence-corrected chi connectivity index (χ4v) is 3.81. The van der Waals surface area contributed by atoms with E-state index in [1.807, 2.05) is 70.3 Å². The summed E-state index contributed by atoms with van der Waals surface area (Å²) < 4.78 is 1.59. The van der Waals surface area contributed by atoms with Crippen LogP contribution >= 0.6 is 11.3 Å². The lowest BCUT2D eigenvalue weighted by molar-refractivity contribution is 0.0697. The van der Waals surface area contributed by atoms with Crippen molar-refractivity contribution in [3.8, 4) is 16.8 Å². The Bertz CT molecular complexity index is 1230. The van der Waals surface area contributed by atoms with Crippen LogP contribution in [-0.4, -0.2) is 36.3 Å². The Morgan fingerprint density at radius 1 is 1.06 bits per heavy atom. The molecule has 0 amide bonds. The zero-order valence-electron chi connectivity index (χ0n) is 19.4. The van der Waals surface area contributed by atoms with Gasteiger partial charge in [0, 0.05) is 17.3 Å². The van der Waals surface area contributed by atoms with Crippen molar-refractivity contribution in [2.45, 2.75) is 46.6 Å². The lowest BCUT2D eigenvalue weighted by Gasteiger charge is -2.11. The fraction of sp³-hybridized carbons (Fsp3) is 0.292. The van der Waals surface area contributed by atoms with Gasteiger partial charge in [-0.25, -0.2) is 9.78 Å². The molecule has 4 rings (SSSR count). The third-order valence-electron chi connectivity index (χ3n) is 4.91. The summed E-state index contributed by atoms with van der Waals surface area (Å²) in [5.74, 6) is -0.173. The van der Waals surface area contributed by atoms with Crippen LogP contribution in [0.1, 0.15) is 65.2 Å². The number of hydrogen-bond acceptors (Lipinski definition) is 7. The summed E-state index contributed by atoms with van der Waals surface area (Å²) in [5, 5.41) is 24.3. The van der Waals surface area contributed by atoms with E-state index in [2.05, 4.69) is 20.5 Å². The van der Waals surface area contributed by atoms with Gasteiger partial charge >= 0.3 is 5.97 Å². The number of aromatic carboxylic acids is 1. The number of hydrogen-bond donors (Lipinski definition) is 2. The van der Waals surface area contributed by atoms with E-state index in [-0.39, 0.29) is 17.5 Å². The molecule has 8 nitrogen and oxygen atoms in total. The Balaban J connectivity index is 0.000000286. The first-order chi connectivity index (χ1) is 15.7. The highest BCUT2D eigenvalue weighted by Crippen LogP contribution is 2.26. The van der Waals surface area contributed by atoms with Crippen LogP contribution in [0.5, 0.6) is 0 Å². The number of carboxylic acid groups (broad SMARTS) is 1. The van der Waals surface area contributed by atoms with Crippen molar-refractivity contribution in [2.24, 2.45) is 5.73 Å². The number of benzene rings is 2. The van der Waals surface area contributed by atoms with E-state index >= 15 is 0 Å². The molecule has 172 valence electrons. The number of thiazole rings is 1. The second-order valence-electron chi connectivity index (χ2n) is 8.12. The van der Waals surface area contributed by atoms with Gasteiger partial charge in [-0.15, -0.1) is 16.4 Å². The van der Waals surface area contributed by atoms with Crippen molar-refractivity contribution >= 4 is 17.3 Å². The molecule has 0 spiro atoms. The van der Waals surface area contributed by atoms with Gasteiger partial charge in [0.25, 0.3) is 0 Å². The molecule has 2 aromatic heterocycles. The second-order valence-corrected chi connectivity index (χ2v) is 9.19. The summed E-state index contributed by atoms with van der Waals surface area (Å²) in [5.41, 5.74) is 10.3. The minimum absolute atomic E-state index is 0.0787. The van der Waals surface area contributed by atoms with Crippen molar-refractivity contribution in [1.82, 2.24) is 25.2 Å². The summed E-state index contributed by atoms with van der Waals surface area (Å²) in [6.07, 6.45) is 0. The van der Waals surface area contributed by atoms with Gasteiger partial charge in [-0.1, -0.05) is 43.7 Å². The van der Waals surface area contributed by atoms with Crippen molar-refractivity contribution in [3.05, 3.63) is 75.5 Å². The number of aryl methyl sites for hydroxylation is 2. The molecule has 0 aliphatic heterocycles. The number of nitrogens with zero attached hydrogens (tertiary/aromatic N) is 5. The van der Waals surface area contributed by atoms with Crippen LogP contribution in [0.15, 0.2) is 47.8 Å². The molecule has 33 heavy (non-hydrogen) atoms. The van der Waals surface area contributed by atoms with Crippen LogP contribution in [0.3, 0.4) is 0 Å². The zero-order chi connectivity index (χ0) is 24.1. The minimum Gasteiger partial charge on any atom is -0.478 e. The molecule has 4 aromatic rings. The van der Waals surface area contributed by atoms with Crippen molar-refractivity contribution in [3.63, 3.8) is 0 Å². The Morgan fingerprint density at radius 2 is 1.76 bits per heavy atom. The molecule has 0 saturated heterocycles. The molecular weight excluding hydrogens is 436 g/mol. The average molecular weight is 465 g/mol. The van der Waals surface area contributed by atoms with Crippen LogP contribution in [0.25, 0.3) is 16.8 Å². The Hall–Kier alpha value is -3.43. The Kier molecular flexibility index (Phi) is 7.67. The van der Waals surface area contributed by atoms with Crippen LogP contribution < -0.4 is 5.73 Å². The fourth-order valence-electron chi connectivity index (χ4n) is 3.10. The lowest BCUT2D eigenvalue weighted by Crippen LogP contribution is -2.07. The summed E-state index contributed by atoms with van der Waals surface area (Å²) in [7, 11) is 0. The number of carboxylic acids is 1. The molecule has 9 heteroatoms. The predicted molar refractivity (Wildman–Crippen MR) is 130 cm³/mol. The van der Waals surface area contributed by atoms with Gasteiger partial charge in [0.1, 0.15) is 0 Å². The topological polar surface area (TPSA) is 120 Å². The van der Waals surface area contributed by atoms with Gasteiger partial charge in [0.2, 0.25) is 0 Å². The highest BCUT2D eigenvalue weighted by Gasteiger charge is 2.15. The Morgan fingerprint density at radius 3 is 2.27 bits per heavy atom. The van der Waals surface area contributed by atoms with Crippen LogP contribution in [-0.2, 0) is 0 Å². The van der Waals surface area contributed by atoms with Gasteiger partial charge in [0.05, 0.1) is 22.0 Å².